The van der Waals surface area contributed by atoms with Crippen LogP contribution in [0.3, 0.4) is 0 Å². The predicted molar refractivity (Wildman–Crippen MR) is 99.0 cm³/mol. The molecular weight excluding hydrogens is 338 g/mol. The molecule has 1 unspecified atom stereocenters. The van der Waals surface area contributed by atoms with E-state index in [0.717, 1.165) is 16.8 Å². The zero-order chi connectivity index (χ0) is 17.4. The maximum absolute atomic E-state index is 12.4. The molecule has 0 saturated carbocycles. The van der Waals surface area contributed by atoms with Crippen LogP contribution in [0.25, 0.3) is 5.70 Å². The van der Waals surface area contributed by atoms with E-state index in [2.05, 4.69) is 15.3 Å². The van der Waals surface area contributed by atoms with Gasteiger partial charge in [0.1, 0.15) is 5.82 Å². The number of anilines is 1. The number of nitrogens with one attached hydrogen (secondary N) is 3. The average Bonchev–Trinajstić information content (AvgIpc) is 2.61. The molecule has 6 heteroatoms. The van der Waals surface area contributed by atoms with Gasteiger partial charge >= 0.3 is 5.69 Å². The first-order valence-corrected chi connectivity index (χ1v) is 8.16. The number of hydrogen-bond acceptors (Lipinski definition) is 3. The molecule has 2 heterocycles. The normalized spacial score (nSPS) is 15.9. The Kier molecular flexibility index (Phi) is 3.78. The summed E-state index contributed by atoms with van der Waals surface area (Å²) in [5.74, 6) is 0.0748. The van der Waals surface area contributed by atoms with Gasteiger partial charge < -0.3 is 5.32 Å². The summed E-state index contributed by atoms with van der Waals surface area (Å²) in [6.45, 7) is 0. The summed E-state index contributed by atoms with van der Waals surface area (Å²) in [5.41, 5.74) is 2.15. The van der Waals surface area contributed by atoms with Crippen LogP contribution in [0.4, 0.5) is 5.82 Å². The molecule has 0 spiro atoms. The van der Waals surface area contributed by atoms with E-state index in [9.17, 15) is 9.59 Å². The highest BCUT2D eigenvalue weighted by Crippen LogP contribution is 2.36. The summed E-state index contributed by atoms with van der Waals surface area (Å²) < 4.78 is 0. The van der Waals surface area contributed by atoms with Crippen molar-refractivity contribution in [2.24, 2.45) is 0 Å². The third-order valence-electron chi connectivity index (χ3n) is 4.18. The SMILES string of the molecule is O=c1[nH]c2c(c(=O)[nH]1)C(c1cccc(Cl)c1)C=C(c1ccccc1)N2. The van der Waals surface area contributed by atoms with Crippen molar-refractivity contribution in [1.82, 2.24) is 9.97 Å². The molecule has 4 rings (SSSR count). The second kappa shape index (κ2) is 6.11. The number of aromatic nitrogens is 2. The van der Waals surface area contributed by atoms with Crippen LogP contribution in [0, 0.1) is 0 Å². The smallest absolute Gasteiger partial charge is 0.327 e. The van der Waals surface area contributed by atoms with Crippen LogP contribution in [0.1, 0.15) is 22.6 Å². The van der Waals surface area contributed by atoms with Crippen LogP contribution in [0.2, 0.25) is 5.02 Å². The zero-order valence-corrected chi connectivity index (χ0v) is 13.8. The van der Waals surface area contributed by atoms with Gasteiger partial charge in [-0.3, -0.25) is 14.8 Å². The van der Waals surface area contributed by atoms with E-state index in [4.69, 9.17) is 11.6 Å². The van der Waals surface area contributed by atoms with E-state index < -0.39 is 11.2 Å². The lowest BCUT2D eigenvalue weighted by atomic mass is 9.88. The van der Waals surface area contributed by atoms with Crippen molar-refractivity contribution in [2.75, 3.05) is 5.32 Å². The van der Waals surface area contributed by atoms with Crippen LogP contribution >= 0.6 is 11.6 Å². The van der Waals surface area contributed by atoms with Gasteiger partial charge in [0.15, 0.2) is 0 Å². The molecule has 0 aliphatic carbocycles. The lowest BCUT2D eigenvalue weighted by molar-refractivity contribution is 0.914. The first-order valence-electron chi connectivity index (χ1n) is 7.78. The predicted octanol–water partition coefficient (Wildman–Crippen LogP) is 3.32. The molecule has 124 valence electrons. The zero-order valence-electron chi connectivity index (χ0n) is 13.0. The Bertz CT molecular complexity index is 1080. The molecule has 3 aromatic rings. The van der Waals surface area contributed by atoms with Gasteiger partial charge in [-0.2, -0.15) is 0 Å². The summed E-state index contributed by atoms with van der Waals surface area (Å²) in [4.78, 5) is 29.1. The Morgan fingerprint density at radius 3 is 2.48 bits per heavy atom. The standard InChI is InChI=1S/C19H14ClN3O2/c20-13-8-4-7-12(9-13)14-10-15(11-5-2-1-3-6-11)21-17-16(14)18(24)23-19(25)22-17/h1-10,14H,(H3,21,22,23,24,25). The average molecular weight is 352 g/mol. The molecular formula is C19H14ClN3O2. The summed E-state index contributed by atoms with van der Waals surface area (Å²) in [5, 5.41) is 3.75. The van der Waals surface area contributed by atoms with Crippen molar-refractivity contribution in [3.63, 3.8) is 0 Å². The van der Waals surface area contributed by atoms with E-state index in [0.29, 0.717) is 16.4 Å². The molecule has 0 fully saturated rings. The van der Waals surface area contributed by atoms with Gasteiger partial charge in [0.25, 0.3) is 5.56 Å². The van der Waals surface area contributed by atoms with Crippen molar-refractivity contribution in [3.05, 3.63) is 103 Å². The Labute approximate surface area is 148 Å². The number of hydrogen-bond donors (Lipinski definition) is 3. The van der Waals surface area contributed by atoms with Crippen LogP contribution in [0.15, 0.2) is 70.3 Å². The highest BCUT2D eigenvalue weighted by molar-refractivity contribution is 6.30. The third kappa shape index (κ3) is 2.90. The van der Waals surface area contributed by atoms with Crippen molar-refractivity contribution in [3.8, 4) is 0 Å². The molecule has 0 amide bonds. The second-order valence-corrected chi connectivity index (χ2v) is 6.24. The molecule has 1 aromatic heterocycles. The molecule has 1 atom stereocenters. The quantitative estimate of drug-likeness (QED) is 0.662. The molecule has 1 aliphatic rings. The highest BCUT2D eigenvalue weighted by atomic mass is 35.5. The van der Waals surface area contributed by atoms with Crippen molar-refractivity contribution < 1.29 is 0 Å². The lowest BCUT2D eigenvalue weighted by Gasteiger charge is -2.25. The minimum atomic E-state index is -0.546. The Morgan fingerprint density at radius 2 is 1.72 bits per heavy atom. The molecule has 3 N–H and O–H groups in total. The van der Waals surface area contributed by atoms with Crippen molar-refractivity contribution in [1.29, 1.82) is 0 Å². The van der Waals surface area contributed by atoms with Gasteiger partial charge in [-0.05, 0) is 29.3 Å². The summed E-state index contributed by atoms with van der Waals surface area (Å²) >= 11 is 6.13. The Hall–Kier alpha value is -3.05. The minimum absolute atomic E-state index is 0.328. The van der Waals surface area contributed by atoms with Gasteiger partial charge in [0.2, 0.25) is 0 Å². The van der Waals surface area contributed by atoms with Crippen LogP contribution in [-0.2, 0) is 0 Å². The van der Waals surface area contributed by atoms with E-state index >= 15 is 0 Å². The number of aromatic amines is 2. The Balaban J connectivity index is 1.95. The minimum Gasteiger partial charge on any atom is -0.341 e. The molecule has 5 nitrogen and oxygen atoms in total. The number of H-pyrrole nitrogens is 2. The fourth-order valence-corrected chi connectivity index (χ4v) is 3.27. The van der Waals surface area contributed by atoms with Crippen molar-refractivity contribution >= 4 is 23.1 Å². The number of rotatable bonds is 2. The van der Waals surface area contributed by atoms with Gasteiger partial charge in [-0.25, -0.2) is 4.79 Å². The third-order valence-corrected chi connectivity index (χ3v) is 4.41. The summed E-state index contributed by atoms with van der Waals surface area (Å²) in [6, 6.07) is 17.1. The first kappa shape index (κ1) is 15.5. The van der Waals surface area contributed by atoms with E-state index in [1.165, 1.54) is 0 Å². The van der Waals surface area contributed by atoms with Gasteiger partial charge in [-0.15, -0.1) is 0 Å². The van der Waals surface area contributed by atoms with Crippen LogP contribution in [0.5, 0.6) is 0 Å². The number of benzene rings is 2. The second-order valence-electron chi connectivity index (χ2n) is 5.80. The fraction of sp³-hybridized carbons (Fsp3) is 0.0526. The largest absolute Gasteiger partial charge is 0.341 e. The molecule has 2 aromatic carbocycles. The monoisotopic (exact) mass is 351 g/mol. The molecule has 0 bridgehead atoms. The first-order chi connectivity index (χ1) is 12.1. The van der Waals surface area contributed by atoms with E-state index in [1.807, 2.05) is 54.6 Å². The summed E-state index contributed by atoms with van der Waals surface area (Å²) in [7, 11) is 0. The van der Waals surface area contributed by atoms with E-state index in [1.54, 1.807) is 6.07 Å². The highest BCUT2D eigenvalue weighted by Gasteiger charge is 2.26. The van der Waals surface area contributed by atoms with Gasteiger partial charge in [0, 0.05) is 16.6 Å². The van der Waals surface area contributed by atoms with Gasteiger partial charge in [0.05, 0.1) is 5.56 Å². The molecule has 1 aliphatic heterocycles. The van der Waals surface area contributed by atoms with Gasteiger partial charge in [-0.1, -0.05) is 54.1 Å². The fourth-order valence-electron chi connectivity index (χ4n) is 3.07. The molecule has 25 heavy (non-hydrogen) atoms. The van der Waals surface area contributed by atoms with Crippen LogP contribution < -0.4 is 16.6 Å². The van der Waals surface area contributed by atoms with Crippen LogP contribution in [-0.4, -0.2) is 9.97 Å². The lowest BCUT2D eigenvalue weighted by Crippen LogP contribution is -2.31. The van der Waals surface area contributed by atoms with E-state index in [-0.39, 0.29) is 5.92 Å². The Morgan fingerprint density at radius 1 is 0.920 bits per heavy atom. The number of halogens is 1. The molecule has 0 saturated heterocycles. The number of fused-ring (bicyclic) bond motifs is 1. The van der Waals surface area contributed by atoms with Crippen molar-refractivity contribution in [2.45, 2.75) is 5.92 Å². The maximum Gasteiger partial charge on any atom is 0.327 e. The maximum atomic E-state index is 12.4. The number of allylic oxidation sites excluding steroid dienone is 1. The summed E-state index contributed by atoms with van der Waals surface area (Å²) in [6.07, 6.45) is 1.97. The molecule has 0 radical (unpaired) electrons. The topological polar surface area (TPSA) is 77.8 Å².